The lowest BCUT2D eigenvalue weighted by molar-refractivity contribution is -0.140. The van der Waals surface area contributed by atoms with Gasteiger partial charge >= 0.3 is 11.9 Å². The highest BCUT2D eigenvalue weighted by atomic mass is 16.5. The normalized spacial score (nSPS) is 14.2. The van der Waals surface area contributed by atoms with Gasteiger partial charge in [0, 0.05) is 11.3 Å². The largest absolute Gasteiger partial charge is 0.466 e. The average molecular weight is 407 g/mol. The molecule has 30 heavy (non-hydrogen) atoms. The first-order valence-electron chi connectivity index (χ1n) is 9.33. The fourth-order valence-corrected chi connectivity index (χ4v) is 3.41. The molecule has 4 rings (SSSR count). The van der Waals surface area contributed by atoms with Crippen molar-refractivity contribution in [3.05, 3.63) is 59.3 Å². The Bertz CT molecular complexity index is 1150. The maximum Gasteiger partial charge on any atom is 0.355 e. The van der Waals surface area contributed by atoms with E-state index >= 15 is 0 Å². The predicted octanol–water partition coefficient (Wildman–Crippen LogP) is 2.93. The molecular weight excluding hydrogens is 386 g/mol. The number of benzene rings is 2. The fraction of sp³-hybridized carbons (Fsp3) is 0.227. The van der Waals surface area contributed by atoms with E-state index in [1.807, 2.05) is 49.4 Å². The van der Waals surface area contributed by atoms with Crippen LogP contribution in [0.3, 0.4) is 0 Å². The number of imidazole rings is 1. The maximum atomic E-state index is 12.4. The summed E-state index contributed by atoms with van der Waals surface area (Å²) in [5.74, 6) is -0.513. The summed E-state index contributed by atoms with van der Waals surface area (Å²) in [7, 11) is 2.52. The molecule has 8 nitrogen and oxygen atoms in total. The molecule has 0 unspecified atom stereocenters. The lowest BCUT2D eigenvalue weighted by Gasteiger charge is -2.31. The number of anilines is 1. The summed E-state index contributed by atoms with van der Waals surface area (Å²) in [5.41, 5.74) is 4.81. The number of aromatic nitrogens is 2. The van der Waals surface area contributed by atoms with Crippen LogP contribution >= 0.6 is 0 Å². The first-order valence-corrected chi connectivity index (χ1v) is 9.33. The Kier molecular flexibility index (Phi) is 5.24. The zero-order valence-corrected chi connectivity index (χ0v) is 16.9. The van der Waals surface area contributed by atoms with Crippen molar-refractivity contribution in [1.82, 2.24) is 9.97 Å². The number of H-pyrrole nitrogens is 1. The molecule has 1 aromatic heterocycles. The summed E-state index contributed by atoms with van der Waals surface area (Å²) in [6.45, 7) is 2.11. The van der Waals surface area contributed by atoms with Crippen LogP contribution in [0.1, 0.15) is 5.56 Å². The molecule has 1 aliphatic rings. The molecule has 0 amide bonds. The molecule has 154 valence electrons. The third kappa shape index (κ3) is 3.53. The van der Waals surface area contributed by atoms with E-state index in [2.05, 4.69) is 9.97 Å². The summed E-state index contributed by atoms with van der Waals surface area (Å²) in [6.07, 6.45) is 0. The molecule has 0 saturated carbocycles. The lowest BCUT2D eigenvalue weighted by atomic mass is 10.1. The molecule has 0 spiro atoms. The second-order valence-electron chi connectivity index (χ2n) is 6.87. The highest BCUT2D eigenvalue weighted by Crippen LogP contribution is 2.29. The predicted molar refractivity (Wildman–Crippen MR) is 111 cm³/mol. The van der Waals surface area contributed by atoms with Gasteiger partial charge in [0.1, 0.15) is 18.3 Å². The van der Waals surface area contributed by atoms with E-state index in [1.165, 1.54) is 14.2 Å². The SMILES string of the molecule is COC(=O)C1=C(C(=O)OC)N(c2ccc(-c3nc4ccc(C)cc4[nH]3)cc2)COC1. The van der Waals surface area contributed by atoms with Gasteiger partial charge in [-0.25, -0.2) is 14.6 Å². The van der Waals surface area contributed by atoms with Gasteiger partial charge in [0.2, 0.25) is 0 Å². The molecule has 8 heteroatoms. The summed E-state index contributed by atoms with van der Waals surface area (Å²) >= 11 is 0. The fourth-order valence-electron chi connectivity index (χ4n) is 3.41. The number of fused-ring (bicyclic) bond motifs is 1. The number of hydrogen-bond acceptors (Lipinski definition) is 7. The van der Waals surface area contributed by atoms with E-state index in [-0.39, 0.29) is 24.6 Å². The van der Waals surface area contributed by atoms with Gasteiger partial charge < -0.3 is 24.1 Å². The van der Waals surface area contributed by atoms with Crippen molar-refractivity contribution in [3.8, 4) is 11.4 Å². The lowest BCUT2D eigenvalue weighted by Crippen LogP contribution is -2.38. The van der Waals surface area contributed by atoms with Crippen molar-refractivity contribution >= 4 is 28.7 Å². The molecular formula is C22H21N3O5. The first-order chi connectivity index (χ1) is 14.5. The number of rotatable bonds is 4. The second-order valence-corrected chi connectivity index (χ2v) is 6.87. The van der Waals surface area contributed by atoms with E-state index < -0.39 is 11.9 Å². The number of carbonyl (C=O) groups is 2. The second kappa shape index (κ2) is 8.00. The van der Waals surface area contributed by atoms with E-state index in [1.54, 1.807) is 4.90 Å². The van der Waals surface area contributed by atoms with E-state index in [0.717, 1.165) is 28.0 Å². The smallest absolute Gasteiger partial charge is 0.355 e. The van der Waals surface area contributed by atoms with E-state index in [0.29, 0.717) is 5.69 Å². The molecule has 0 radical (unpaired) electrons. The average Bonchev–Trinajstić information content (AvgIpc) is 3.20. The number of methoxy groups -OCH3 is 2. The minimum Gasteiger partial charge on any atom is -0.466 e. The highest BCUT2D eigenvalue weighted by Gasteiger charge is 2.32. The molecule has 1 N–H and O–H groups in total. The zero-order chi connectivity index (χ0) is 21.3. The van der Waals surface area contributed by atoms with Gasteiger partial charge in [-0.1, -0.05) is 6.07 Å². The number of carbonyl (C=O) groups excluding carboxylic acids is 2. The van der Waals surface area contributed by atoms with Crippen LogP contribution in [0.4, 0.5) is 5.69 Å². The van der Waals surface area contributed by atoms with Gasteiger partial charge in [-0.15, -0.1) is 0 Å². The van der Waals surface area contributed by atoms with Crippen LogP contribution in [-0.4, -0.2) is 49.5 Å². The summed E-state index contributed by atoms with van der Waals surface area (Å²) in [6, 6.07) is 13.5. The maximum absolute atomic E-state index is 12.4. The Morgan fingerprint density at radius 3 is 2.50 bits per heavy atom. The van der Waals surface area contributed by atoms with Crippen molar-refractivity contribution in [2.24, 2.45) is 0 Å². The van der Waals surface area contributed by atoms with Crippen molar-refractivity contribution in [2.75, 3.05) is 32.5 Å². The molecule has 0 aliphatic carbocycles. The minimum absolute atomic E-state index is 0.0237. The third-order valence-electron chi connectivity index (χ3n) is 4.92. The number of aromatic amines is 1. The standard InChI is InChI=1S/C22H21N3O5/c1-13-4-9-17-18(10-13)24-20(23-17)14-5-7-15(8-6-14)25-12-30-11-16(21(26)28-2)19(25)22(27)29-3/h4-10H,11-12H2,1-3H3,(H,23,24). The van der Waals surface area contributed by atoms with Crippen LogP contribution in [0.15, 0.2) is 53.7 Å². The van der Waals surface area contributed by atoms with Crippen molar-refractivity contribution in [2.45, 2.75) is 6.92 Å². The van der Waals surface area contributed by atoms with Crippen molar-refractivity contribution in [3.63, 3.8) is 0 Å². The van der Waals surface area contributed by atoms with Crippen LogP contribution in [0.5, 0.6) is 0 Å². The van der Waals surface area contributed by atoms with Gasteiger partial charge in [0.15, 0.2) is 0 Å². The third-order valence-corrected chi connectivity index (χ3v) is 4.92. The van der Waals surface area contributed by atoms with Gasteiger partial charge in [0.25, 0.3) is 0 Å². The summed E-state index contributed by atoms with van der Waals surface area (Å²) in [5, 5.41) is 0. The molecule has 1 aliphatic heterocycles. The molecule has 2 heterocycles. The van der Waals surface area contributed by atoms with Crippen LogP contribution in [0, 0.1) is 6.92 Å². The number of aryl methyl sites for hydroxylation is 1. The Balaban J connectivity index is 1.69. The van der Waals surface area contributed by atoms with E-state index in [9.17, 15) is 9.59 Å². The van der Waals surface area contributed by atoms with Gasteiger partial charge in [-0.3, -0.25) is 0 Å². The Morgan fingerprint density at radius 1 is 1.07 bits per heavy atom. The van der Waals surface area contributed by atoms with Gasteiger partial charge in [-0.2, -0.15) is 0 Å². The van der Waals surface area contributed by atoms with Crippen molar-refractivity contribution < 1.29 is 23.8 Å². The first kappa shape index (κ1) is 19.7. The number of nitrogens with one attached hydrogen (secondary N) is 1. The topological polar surface area (TPSA) is 93.8 Å². The molecule has 0 fully saturated rings. The van der Waals surface area contributed by atoms with Crippen molar-refractivity contribution in [1.29, 1.82) is 0 Å². The molecule has 0 bridgehead atoms. The quantitative estimate of drug-likeness (QED) is 0.665. The van der Waals surface area contributed by atoms with Crippen LogP contribution in [0.2, 0.25) is 0 Å². The summed E-state index contributed by atoms with van der Waals surface area (Å²) in [4.78, 5) is 34.1. The Hall–Kier alpha value is -3.65. The van der Waals surface area contributed by atoms with Crippen LogP contribution < -0.4 is 4.90 Å². The minimum atomic E-state index is -0.630. The number of ether oxygens (including phenoxy) is 3. The Morgan fingerprint density at radius 2 is 1.80 bits per heavy atom. The van der Waals surface area contributed by atoms with Crippen LogP contribution in [0.25, 0.3) is 22.4 Å². The molecule has 0 saturated heterocycles. The zero-order valence-electron chi connectivity index (χ0n) is 16.9. The number of esters is 2. The van der Waals surface area contributed by atoms with E-state index in [4.69, 9.17) is 14.2 Å². The van der Waals surface area contributed by atoms with Gasteiger partial charge in [-0.05, 0) is 48.9 Å². The number of nitrogens with zero attached hydrogens (tertiary/aromatic N) is 2. The Labute approximate surface area is 173 Å². The molecule has 0 atom stereocenters. The van der Waals surface area contributed by atoms with Gasteiger partial charge in [0.05, 0.1) is 37.4 Å². The molecule has 3 aromatic rings. The monoisotopic (exact) mass is 407 g/mol. The summed E-state index contributed by atoms with van der Waals surface area (Å²) < 4.78 is 15.2. The molecule has 2 aromatic carbocycles. The van der Waals surface area contributed by atoms with Crippen LogP contribution in [-0.2, 0) is 23.8 Å². The highest BCUT2D eigenvalue weighted by molar-refractivity contribution is 6.03. The number of hydrogen-bond donors (Lipinski definition) is 1.